The van der Waals surface area contributed by atoms with E-state index in [4.69, 9.17) is 4.74 Å². The monoisotopic (exact) mass is 340 g/mol. The molecule has 2 amide bonds. The highest BCUT2D eigenvalue weighted by molar-refractivity contribution is 5.96. The third kappa shape index (κ3) is 5.95. The van der Waals surface area contributed by atoms with Crippen LogP contribution in [0.4, 0.5) is 5.69 Å². The van der Waals surface area contributed by atoms with Gasteiger partial charge in [0.15, 0.2) is 6.10 Å². The molecule has 0 aliphatic rings. The first-order valence-electron chi connectivity index (χ1n) is 8.36. The van der Waals surface area contributed by atoms with Gasteiger partial charge in [-0.3, -0.25) is 9.59 Å². The predicted octanol–water partition coefficient (Wildman–Crippen LogP) is 3.48. The fourth-order valence-corrected chi connectivity index (χ4v) is 2.10. The molecule has 0 aliphatic heterocycles. The van der Waals surface area contributed by atoms with E-state index in [9.17, 15) is 9.59 Å². The van der Waals surface area contributed by atoms with Gasteiger partial charge in [-0.25, -0.2) is 0 Å². The van der Waals surface area contributed by atoms with Gasteiger partial charge in [0.1, 0.15) is 5.75 Å². The molecule has 0 spiro atoms. The topological polar surface area (TPSA) is 67.4 Å². The number of carbonyl (C=O) groups is 2. The second kappa shape index (κ2) is 8.87. The van der Waals surface area contributed by atoms with Gasteiger partial charge in [0.2, 0.25) is 0 Å². The van der Waals surface area contributed by atoms with E-state index in [0.29, 0.717) is 29.5 Å². The van der Waals surface area contributed by atoms with Crippen molar-refractivity contribution in [1.29, 1.82) is 0 Å². The summed E-state index contributed by atoms with van der Waals surface area (Å²) in [6, 6.07) is 16.0. The van der Waals surface area contributed by atoms with Crippen LogP contribution in [0.5, 0.6) is 5.75 Å². The van der Waals surface area contributed by atoms with Crippen LogP contribution in [0.1, 0.15) is 31.1 Å². The smallest absolute Gasteiger partial charge is 0.265 e. The zero-order chi connectivity index (χ0) is 18.2. The Kier molecular flexibility index (Phi) is 6.57. The quantitative estimate of drug-likeness (QED) is 0.811. The summed E-state index contributed by atoms with van der Waals surface area (Å²) in [7, 11) is 0. The molecule has 0 aliphatic carbocycles. The molecule has 0 heterocycles. The molecule has 2 aromatic carbocycles. The Balaban J connectivity index is 1.89. The summed E-state index contributed by atoms with van der Waals surface area (Å²) >= 11 is 0. The molecule has 2 rings (SSSR count). The highest BCUT2D eigenvalue weighted by atomic mass is 16.5. The second-order valence-electron chi connectivity index (χ2n) is 6.24. The molecule has 0 bridgehead atoms. The maximum Gasteiger partial charge on any atom is 0.265 e. The van der Waals surface area contributed by atoms with Gasteiger partial charge in [0.05, 0.1) is 0 Å². The predicted molar refractivity (Wildman–Crippen MR) is 98.8 cm³/mol. The van der Waals surface area contributed by atoms with Crippen LogP contribution < -0.4 is 15.4 Å². The van der Waals surface area contributed by atoms with Crippen LogP contribution in [0.25, 0.3) is 0 Å². The standard InChI is InChI=1S/C20H24N2O3/c1-14(2)13-21-20(24)16-9-11-17(12-10-16)22-19(23)15(3)25-18-7-5-4-6-8-18/h4-12,14-15H,13H2,1-3H3,(H,21,24)(H,22,23). The zero-order valence-corrected chi connectivity index (χ0v) is 14.8. The van der Waals surface area contributed by atoms with Crippen LogP contribution in [0, 0.1) is 5.92 Å². The summed E-state index contributed by atoms with van der Waals surface area (Å²) in [5, 5.41) is 5.64. The molecule has 0 saturated heterocycles. The second-order valence-corrected chi connectivity index (χ2v) is 6.24. The third-order valence-corrected chi connectivity index (χ3v) is 3.51. The molecule has 132 valence electrons. The molecule has 1 unspecified atom stereocenters. The highest BCUT2D eigenvalue weighted by Crippen LogP contribution is 2.13. The minimum Gasteiger partial charge on any atom is -0.481 e. The Morgan fingerprint density at radius 1 is 0.960 bits per heavy atom. The van der Waals surface area contributed by atoms with Crippen molar-refractivity contribution in [3.8, 4) is 5.75 Å². The fraction of sp³-hybridized carbons (Fsp3) is 0.300. The van der Waals surface area contributed by atoms with E-state index in [2.05, 4.69) is 10.6 Å². The Bertz CT molecular complexity index is 697. The maximum atomic E-state index is 12.2. The maximum absolute atomic E-state index is 12.2. The van der Waals surface area contributed by atoms with Gasteiger partial charge in [-0.1, -0.05) is 32.0 Å². The number of carbonyl (C=O) groups excluding carboxylic acids is 2. The van der Waals surface area contributed by atoms with E-state index in [1.165, 1.54) is 0 Å². The summed E-state index contributed by atoms with van der Waals surface area (Å²) in [6.07, 6.45) is -0.628. The lowest BCUT2D eigenvalue weighted by Crippen LogP contribution is -2.30. The first-order valence-corrected chi connectivity index (χ1v) is 8.36. The van der Waals surface area contributed by atoms with Gasteiger partial charge in [0, 0.05) is 17.8 Å². The number of rotatable bonds is 7. The van der Waals surface area contributed by atoms with Gasteiger partial charge < -0.3 is 15.4 Å². The van der Waals surface area contributed by atoms with E-state index in [1.807, 2.05) is 32.0 Å². The van der Waals surface area contributed by atoms with Gasteiger partial charge in [-0.15, -0.1) is 0 Å². The summed E-state index contributed by atoms with van der Waals surface area (Å²) in [5.41, 5.74) is 1.18. The Hall–Kier alpha value is -2.82. The highest BCUT2D eigenvalue weighted by Gasteiger charge is 2.15. The lowest BCUT2D eigenvalue weighted by atomic mass is 10.1. The molecule has 5 nitrogen and oxygen atoms in total. The van der Waals surface area contributed by atoms with Crippen LogP contribution in [0.2, 0.25) is 0 Å². The zero-order valence-electron chi connectivity index (χ0n) is 14.8. The summed E-state index contributed by atoms with van der Waals surface area (Å²) in [6.45, 7) is 6.40. The van der Waals surface area contributed by atoms with E-state index < -0.39 is 6.10 Å². The summed E-state index contributed by atoms with van der Waals surface area (Å²) < 4.78 is 5.59. The first-order chi connectivity index (χ1) is 12.0. The van der Waals surface area contributed by atoms with Gasteiger partial charge in [0.25, 0.3) is 11.8 Å². The first kappa shape index (κ1) is 18.5. The van der Waals surface area contributed by atoms with Crippen molar-refractivity contribution in [2.24, 2.45) is 5.92 Å². The number of para-hydroxylation sites is 1. The molecule has 2 aromatic rings. The molecular formula is C20H24N2O3. The minimum atomic E-state index is -0.628. The van der Waals surface area contributed by atoms with Crippen molar-refractivity contribution in [3.05, 3.63) is 60.2 Å². The van der Waals surface area contributed by atoms with Gasteiger partial charge >= 0.3 is 0 Å². The summed E-state index contributed by atoms with van der Waals surface area (Å²) in [4.78, 5) is 24.2. The normalized spacial score (nSPS) is 11.7. The largest absolute Gasteiger partial charge is 0.481 e. The number of benzene rings is 2. The van der Waals surface area contributed by atoms with E-state index in [0.717, 1.165) is 0 Å². The number of nitrogens with one attached hydrogen (secondary N) is 2. The molecule has 2 N–H and O–H groups in total. The Morgan fingerprint density at radius 2 is 1.60 bits per heavy atom. The Morgan fingerprint density at radius 3 is 2.20 bits per heavy atom. The van der Waals surface area contributed by atoms with E-state index in [-0.39, 0.29) is 11.8 Å². The number of amides is 2. The SMILES string of the molecule is CC(C)CNC(=O)c1ccc(NC(=O)C(C)Oc2ccccc2)cc1. The van der Waals surface area contributed by atoms with Gasteiger partial charge in [-0.05, 0) is 49.2 Å². The molecule has 0 saturated carbocycles. The van der Waals surface area contributed by atoms with Crippen molar-refractivity contribution in [2.45, 2.75) is 26.9 Å². The van der Waals surface area contributed by atoms with Crippen LogP contribution in [-0.4, -0.2) is 24.5 Å². The lowest BCUT2D eigenvalue weighted by molar-refractivity contribution is -0.122. The van der Waals surface area contributed by atoms with Crippen LogP contribution >= 0.6 is 0 Å². The number of ether oxygens (including phenoxy) is 1. The van der Waals surface area contributed by atoms with Crippen LogP contribution in [-0.2, 0) is 4.79 Å². The van der Waals surface area contributed by atoms with Crippen molar-refractivity contribution in [3.63, 3.8) is 0 Å². The number of hydrogen-bond acceptors (Lipinski definition) is 3. The average molecular weight is 340 g/mol. The number of hydrogen-bond donors (Lipinski definition) is 2. The Labute approximate surface area is 148 Å². The van der Waals surface area contributed by atoms with Crippen LogP contribution in [0.15, 0.2) is 54.6 Å². The van der Waals surface area contributed by atoms with Gasteiger partial charge in [-0.2, -0.15) is 0 Å². The molecule has 0 aromatic heterocycles. The van der Waals surface area contributed by atoms with E-state index >= 15 is 0 Å². The van der Waals surface area contributed by atoms with Crippen LogP contribution in [0.3, 0.4) is 0 Å². The van der Waals surface area contributed by atoms with Crippen molar-refractivity contribution >= 4 is 17.5 Å². The molecule has 1 atom stereocenters. The average Bonchev–Trinajstić information content (AvgIpc) is 2.61. The molecule has 5 heteroatoms. The third-order valence-electron chi connectivity index (χ3n) is 3.51. The number of anilines is 1. The fourth-order valence-electron chi connectivity index (χ4n) is 2.10. The van der Waals surface area contributed by atoms with Crippen molar-refractivity contribution in [2.75, 3.05) is 11.9 Å². The molecular weight excluding hydrogens is 316 g/mol. The van der Waals surface area contributed by atoms with Crippen molar-refractivity contribution < 1.29 is 14.3 Å². The minimum absolute atomic E-state index is 0.118. The molecule has 0 radical (unpaired) electrons. The lowest BCUT2D eigenvalue weighted by Gasteiger charge is -2.15. The molecule has 25 heavy (non-hydrogen) atoms. The van der Waals surface area contributed by atoms with E-state index in [1.54, 1.807) is 43.3 Å². The molecule has 0 fully saturated rings. The van der Waals surface area contributed by atoms with Crippen molar-refractivity contribution in [1.82, 2.24) is 5.32 Å². The summed E-state index contributed by atoms with van der Waals surface area (Å²) in [5.74, 6) is 0.671.